The van der Waals surface area contributed by atoms with Crippen LogP contribution < -0.4 is 0 Å². The van der Waals surface area contributed by atoms with Gasteiger partial charge in [-0.2, -0.15) is 0 Å². The van der Waals surface area contributed by atoms with Gasteiger partial charge < -0.3 is 0 Å². The summed E-state index contributed by atoms with van der Waals surface area (Å²) in [6.45, 7) is 2.36. The lowest BCUT2D eigenvalue weighted by molar-refractivity contribution is 0.385. The number of isocyanates is 3. The van der Waals surface area contributed by atoms with E-state index in [9.17, 15) is 0 Å². The van der Waals surface area contributed by atoms with Crippen LogP contribution in [0.5, 0.6) is 0 Å². The minimum absolute atomic E-state index is 0.750. The minimum atomic E-state index is 0.750. The summed E-state index contributed by atoms with van der Waals surface area (Å²) in [6.07, 6.45) is 10.2. The predicted octanol–water partition coefficient (Wildman–Crippen LogP) is 2.34. The normalized spacial score (nSPS) is 12.4. The highest BCUT2D eigenvalue weighted by Crippen LogP contribution is 2.21. The van der Waals surface area contributed by atoms with Crippen LogP contribution in [-0.2, 0) is 14.4 Å². The summed E-state index contributed by atoms with van der Waals surface area (Å²) >= 11 is 0. The summed E-state index contributed by atoms with van der Waals surface area (Å²) in [5.41, 5.74) is 0. The average Bonchev–Trinajstić information content (AvgIpc) is 2.32. The molecule has 1 aliphatic rings. The second-order valence-corrected chi connectivity index (χ2v) is 3.26. The molecule has 0 bridgehead atoms. The highest BCUT2D eigenvalue weighted by molar-refractivity contribution is 5.32. The molecule has 1 fully saturated rings. The van der Waals surface area contributed by atoms with Gasteiger partial charge in [-0.05, 0) is 5.92 Å². The monoisotopic (exact) mass is 241 g/mol. The van der Waals surface area contributed by atoms with E-state index < -0.39 is 0 Å². The van der Waals surface area contributed by atoms with Gasteiger partial charge >= 0.3 is 0 Å². The van der Waals surface area contributed by atoms with E-state index in [1.807, 2.05) is 0 Å². The first-order valence-electron chi connectivity index (χ1n) is 5.18. The number of nitrogens with zero attached hydrogens (tertiary/aromatic N) is 1. The third-order valence-electron chi connectivity index (χ3n) is 1.99. The molecule has 6 heteroatoms. The third-order valence-corrected chi connectivity index (χ3v) is 1.99. The van der Waals surface area contributed by atoms with Crippen molar-refractivity contribution in [1.82, 2.24) is 0 Å². The Bertz CT molecular complexity index is 243. The number of hydrogen-bond donors (Lipinski definition) is 2. The van der Waals surface area contributed by atoms with Crippen LogP contribution in [0.2, 0.25) is 0 Å². The molecule has 0 aromatic rings. The van der Waals surface area contributed by atoms with Crippen LogP contribution in [0.15, 0.2) is 4.99 Å². The summed E-state index contributed by atoms with van der Waals surface area (Å²) in [5.74, 6) is 1.04. The maximum absolute atomic E-state index is 8.88. The molecule has 1 saturated carbocycles. The maximum atomic E-state index is 8.88. The van der Waals surface area contributed by atoms with Gasteiger partial charge in [-0.3, -0.25) is 0 Å². The zero-order chi connectivity index (χ0) is 13.9. The average molecular weight is 241 g/mol. The Balaban J connectivity index is -0.000000170. The lowest BCUT2D eigenvalue weighted by Gasteiger charge is -2.15. The van der Waals surface area contributed by atoms with Crippen molar-refractivity contribution in [2.75, 3.05) is 7.05 Å². The third kappa shape index (κ3) is 40.9. The molecule has 96 valence electrons. The van der Waals surface area contributed by atoms with Crippen molar-refractivity contribution in [3.8, 4) is 0 Å². The highest BCUT2D eigenvalue weighted by Gasteiger charge is 2.05. The molecule has 0 atom stereocenters. The quantitative estimate of drug-likeness (QED) is 0.501. The Kier molecular flexibility index (Phi) is 28.7. The van der Waals surface area contributed by atoms with Gasteiger partial charge in [-0.1, -0.05) is 39.0 Å². The van der Waals surface area contributed by atoms with Crippen LogP contribution in [-0.4, -0.2) is 25.3 Å². The summed E-state index contributed by atoms with van der Waals surface area (Å²) in [7, 11) is 1.38. The highest BCUT2D eigenvalue weighted by atomic mass is 16.1. The summed E-state index contributed by atoms with van der Waals surface area (Å²) < 4.78 is 0. The summed E-state index contributed by atoms with van der Waals surface area (Å²) in [5, 5.41) is 10.8. The Morgan fingerprint density at radius 1 is 1.00 bits per heavy atom. The standard InChI is InChI=1S/C7H14.C2H3NO.2CHNO/c1-7-5-3-2-4-6-7;1-3-2-4;2*2-1-3/h7H,2-6H2,1H3;1H3;2*2H. The number of carbonyl (C=O) groups excluding carboxylic acids is 3. The van der Waals surface area contributed by atoms with Crippen molar-refractivity contribution < 1.29 is 14.4 Å². The molecule has 1 rings (SSSR count). The molecule has 17 heavy (non-hydrogen) atoms. The first-order valence-corrected chi connectivity index (χ1v) is 5.18. The predicted molar refractivity (Wildman–Crippen MR) is 63.1 cm³/mol. The SMILES string of the molecule is CC1CCCCC1.CN=C=O.N=C=O.N=C=O. The van der Waals surface area contributed by atoms with Crippen LogP contribution >= 0.6 is 0 Å². The molecular formula is C11H19N3O3. The van der Waals surface area contributed by atoms with Crippen molar-refractivity contribution in [1.29, 1.82) is 10.8 Å². The second kappa shape index (κ2) is 23.7. The van der Waals surface area contributed by atoms with Crippen LogP contribution in [0.25, 0.3) is 0 Å². The van der Waals surface area contributed by atoms with Gasteiger partial charge in [-0.25, -0.2) is 30.2 Å². The fourth-order valence-corrected chi connectivity index (χ4v) is 1.31. The smallest absolute Gasteiger partial charge is 0.222 e. The summed E-state index contributed by atoms with van der Waals surface area (Å²) in [4.78, 5) is 28.5. The van der Waals surface area contributed by atoms with E-state index in [1.165, 1.54) is 45.2 Å². The van der Waals surface area contributed by atoms with Gasteiger partial charge in [0.05, 0.1) is 0 Å². The molecule has 0 aromatic carbocycles. The number of aliphatic imine (C=N–C) groups is 1. The zero-order valence-electron chi connectivity index (χ0n) is 10.3. The van der Waals surface area contributed by atoms with Crippen molar-refractivity contribution in [2.45, 2.75) is 39.0 Å². The van der Waals surface area contributed by atoms with Crippen molar-refractivity contribution >= 4 is 18.2 Å². The molecule has 1 aliphatic carbocycles. The number of rotatable bonds is 0. The van der Waals surface area contributed by atoms with E-state index in [0.29, 0.717) is 0 Å². The van der Waals surface area contributed by atoms with Gasteiger partial charge in [0.1, 0.15) is 0 Å². The molecule has 0 radical (unpaired) electrons. The van der Waals surface area contributed by atoms with Gasteiger partial charge in [0.2, 0.25) is 18.2 Å². The molecule has 2 N–H and O–H groups in total. The van der Waals surface area contributed by atoms with Gasteiger partial charge in [0.15, 0.2) is 0 Å². The lowest BCUT2D eigenvalue weighted by Crippen LogP contribution is -1.99. The molecule has 0 aliphatic heterocycles. The molecule has 0 heterocycles. The first kappa shape index (κ1) is 20.5. The Labute approximate surface area is 101 Å². The minimum Gasteiger partial charge on any atom is -0.222 e. The molecule has 0 spiro atoms. The maximum Gasteiger partial charge on any atom is 0.234 e. The molecular weight excluding hydrogens is 222 g/mol. The zero-order valence-corrected chi connectivity index (χ0v) is 10.3. The molecule has 0 aromatic heterocycles. The summed E-state index contributed by atoms with van der Waals surface area (Å²) in [6, 6.07) is 0. The molecule has 0 amide bonds. The molecule has 6 nitrogen and oxygen atoms in total. The Hall–Kier alpha value is -1.86. The molecule has 0 saturated heterocycles. The largest absolute Gasteiger partial charge is 0.234 e. The number of hydrogen-bond acceptors (Lipinski definition) is 6. The second-order valence-electron chi connectivity index (χ2n) is 3.26. The van der Waals surface area contributed by atoms with Gasteiger partial charge in [-0.15, -0.1) is 0 Å². The van der Waals surface area contributed by atoms with Crippen molar-refractivity contribution in [3.05, 3.63) is 0 Å². The topological polar surface area (TPSA) is 111 Å². The van der Waals surface area contributed by atoms with Crippen molar-refractivity contribution in [2.24, 2.45) is 10.9 Å². The van der Waals surface area contributed by atoms with Gasteiger partial charge in [0.25, 0.3) is 0 Å². The lowest BCUT2D eigenvalue weighted by atomic mass is 9.91. The van der Waals surface area contributed by atoms with E-state index in [0.717, 1.165) is 18.1 Å². The van der Waals surface area contributed by atoms with Crippen LogP contribution in [0.3, 0.4) is 0 Å². The van der Waals surface area contributed by atoms with Crippen LogP contribution in [0, 0.1) is 16.7 Å². The van der Waals surface area contributed by atoms with E-state index in [1.54, 1.807) is 0 Å². The fraction of sp³-hybridized carbons (Fsp3) is 0.727. The number of nitrogens with one attached hydrogen (secondary N) is 2. The van der Waals surface area contributed by atoms with E-state index in [4.69, 9.17) is 25.2 Å². The fourth-order valence-electron chi connectivity index (χ4n) is 1.31. The molecule has 0 unspecified atom stereocenters. The van der Waals surface area contributed by atoms with E-state index in [2.05, 4.69) is 11.9 Å². The van der Waals surface area contributed by atoms with E-state index >= 15 is 0 Å². The van der Waals surface area contributed by atoms with Gasteiger partial charge in [0, 0.05) is 7.05 Å². The van der Waals surface area contributed by atoms with Crippen molar-refractivity contribution in [3.63, 3.8) is 0 Å². The Morgan fingerprint density at radius 2 is 1.29 bits per heavy atom. The first-order chi connectivity index (χ1) is 8.14. The van der Waals surface area contributed by atoms with E-state index in [-0.39, 0.29) is 0 Å². The van der Waals surface area contributed by atoms with Crippen LogP contribution in [0.4, 0.5) is 0 Å². The van der Waals surface area contributed by atoms with Crippen LogP contribution in [0.1, 0.15) is 39.0 Å². The Morgan fingerprint density at radius 3 is 1.41 bits per heavy atom.